The van der Waals surface area contributed by atoms with Gasteiger partial charge in [0.1, 0.15) is 11.6 Å². The summed E-state index contributed by atoms with van der Waals surface area (Å²) < 4.78 is 41.2. The van der Waals surface area contributed by atoms with Gasteiger partial charge in [0.25, 0.3) is 0 Å². The number of sulfone groups is 1. The first-order valence-electron chi connectivity index (χ1n) is 5.80. The molecule has 0 saturated heterocycles. The van der Waals surface area contributed by atoms with E-state index < -0.39 is 15.7 Å². The highest BCUT2D eigenvalue weighted by atomic mass is 32.2. The van der Waals surface area contributed by atoms with E-state index in [0.29, 0.717) is 10.7 Å². The van der Waals surface area contributed by atoms with Gasteiger partial charge in [0.05, 0.1) is 5.75 Å². The van der Waals surface area contributed by atoms with Crippen molar-refractivity contribution < 1.29 is 12.8 Å². The smallest absolute Gasteiger partial charge is 0.204 e. The van der Waals surface area contributed by atoms with E-state index in [0.717, 1.165) is 11.5 Å². The van der Waals surface area contributed by atoms with Crippen LogP contribution >= 0.6 is 11.5 Å². The Hall–Kier alpha value is -1.54. The van der Waals surface area contributed by atoms with Crippen molar-refractivity contribution >= 4 is 26.5 Å². The van der Waals surface area contributed by atoms with Crippen LogP contribution in [0.1, 0.15) is 11.4 Å². The second-order valence-electron chi connectivity index (χ2n) is 4.55. The molecule has 8 heteroatoms. The molecule has 0 bridgehead atoms. The molecule has 5 nitrogen and oxygen atoms in total. The Kier molecular flexibility index (Phi) is 4.34. The zero-order valence-electron chi connectivity index (χ0n) is 11.1. The van der Waals surface area contributed by atoms with Crippen molar-refractivity contribution in [3.8, 4) is 0 Å². The summed E-state index contributed by atoms with van der Waals surface area (Å²) in [5.74, 6) is -0.635. The average molecular weight is 315 g/mol. The number of hydrogen-bond acceptors (Lipinski definition) is 6. The Bertz CT molecular complexity index is 698. The van der Waals surface area contributed by atoms with Crippen LogP contribution in [0.2, 0.25) is 0 Å². The van der Waals surface area contributed by atoms with Crippen molar-refractivity contribution in [1.29, 1.82) is 0 Å². The van der Waals surface area contributed by atoms with Gasteiger partial charge in [0.2, 0.25) is 5.13 Å². The van der Waals surface area contributed by atoms with Crippen LogP contribution < -0.4 is 4.90 Å². The number of benzene rings is 1. The molecule has 0 fully saturated rings. The summed E-state index contributed by atoms with van der Waals surface area (Å²) in [6.07, 6.45) is 0. The molecule has 2 aromatic rings. The fraction of sp³-hybridized carbons (Fsp3) is 0.333. The van der Waals surface area contributed by atoms with Crippen LogP contribution in [0.5, 0.6) is 0 Å². The monoisotopic (exact) mass is 315 g/mol. The molecule has 2 rings (SSSR count). The molecule has 20 heavy (non-hydrogen) atoms. The number of anilines is 1. The summed E-state index contributed by atoms with van der Waals surface area (Å²) in [5, 5.41) is 0.654. The standard InChI is InChI=1S/C12H14FN3O2S2/c1-16(2)12-14-11(15-19-12)8-20(17,18)7-9-4-3-5-10(13)6-9/h3-6H,7-8H2,1-2H3. The minimum atomic E-state index is -3.42. The van der Waals surface area contributed by atoms with E-state index in [-0.39, 0.29) is 17.3 Å². The van der Waals surface area contributed by atoms with Crippen molar-refractivity contribution in [3.63, 3.8) is 0 Å². The van der Waals surface area contributed by atoms with E-state index in [1.54, 1.807) is 11.0 Å². The number of nitrogens with zero attached hydrogens (tertiary/aromatic N) is 3. The summed E-state index contributed by atoms with van der Waals surface area (Å²) in [4.78, 5) is 5.90. The van der Waals surface area contributed by atoms with Crippen LogP contribution in [0.3, 0.4) is 0 Å². The molecule has 0 atom stereocenters. The molecule has 0 unspecified atom stereocenters. The topological polar surface area (TPSA) is 63.2 Å². The molecule has 0 aliphatic carbocycles. The zero-order valence-corrected chi connectivity index (χ0v) is 12.7. The van der Waals surface area contributed by atoms with Gasteiger partial charge in [-0.2, -0.15) is 4.37 Å². The predicted octanol–water partition coefficient (Wildman–Crippen LogP) is 1.86. The van der Waals surface area contributed by atoms with E-state index in [1.807, 2.05) is 14.1 Å². The van der Waals surface area contributed by atoms with Gasteiger partial charge >= 0.3 is 0 Å². The van der Waals surface area contributed by atoms with Crippen LogP contribution in [0.15, 0.2) is 24.3 Å². The minimum Gasteiger partial charge on any atom is -0.353 e. The number of hydrogen-bond donors (Lipinski definition) is 0. The number of rotatable bonds is 5. The van der Waals surface area contributed by atoms with Crippen LogP contribution in [-0.2, 0) is 21.3 Å². The Balaban J connectivity index is 2.10. The fourth-order valence-electron chi connectivity index (χ4n) is 1.61. The quantitative estimate of drug-likeness (QED) is 0.843. The van der Waals surface area contributed by atoms with Gasteiger partial charge in [-0.3, -0.25) is 0 Å². The first-order valence-corrected chi connectivity index (χ1v) is 8.40. The fourth-order valence-corrected chi connectivity index (χ4v) is 3.61. The highest BCUT2D eigenvalue weighted by Gasteiger charge is 2.17. The summed E-state index contributed by atoms with van der Waals surface area (Å²) in [5.41, 5.74) is 0.424. The predicted molar refractivity (Wildman–Crippen MR) is 77.0 cm³/mol. The molecule has 0 amide bonds. The molecule has 1 aromatic carbocycles. The summed E-state index contributed by atoms with van der Waals surface area (Å²) in [6, 6.07) is 5.57. The van der Waals surface area contributed by atoms with Crippen LogP contribution in [0, 0.1) is 5.82 Å². The number of aromatic nitrogens is 2. The molecule has 108 valence electrons. The second kappa shape index (κ2) is 5.84. The highest BCUT2D eigenvalue weighted by molar-refractivity contribution is 7.89. The highest BCUT2D eigenvalue weighted by Crippen LogP contribution is 2.17. The van der Waals surface area contributed by atoms with Crippen molar-refractivity contribution in [1.82, 2.24) is 9.36 Å². The van der Waals surface area contributed by atoms with Gasteiger partial charge in [0, 0.05) is 25.6 Å². The first-order chi connectivity index (χ1) is 9.35. The van der Waals surface area contributed by atoms with Gasteiger partial charge in [-0.1, -0.05) is 12.1 Å². The Morgan fingerprint density at radius 3 is 2.65 bits per heavy atom. The molecule has 0 saturated carbocycles. The maximum Gasteiger partial charge on any atom is 0.204 e. The van der Waals surface area contributed by atoms with Crippen LogP contribution in [0.25, 0.3) is 0 Å². The molecule has 0 spiro atoms. The van der Waals surface area contributed by atoms with Crippen molar-refractivity contribution in [2.24, 2.45) is 0 Å². The van der Waals surface area contributed by atoms with Crippen molar-refractivity contribution in [3.05, 3.63) is 41.5 Å². The van der Waals surface area contributed by atoms with E-state index >= 15 is 0 Å². The molecule has 0 radical (unpaired) electrons. The molecule has 1 heterocycles. The van der Waals surface area contributed by atoms with Gasteiger partial charge in [-0.15, -0.1) is 0 Å². The normalized spacial score (nSPS) is 11.6. The van der Waals surface area contributed by atoms with Crippen molar-refractivity contribution in [2.45, 2.75) is 11.5 Å². The second-order valence-corrected chi connectivity index (χ2v) is 7.34. The lowest BCUT2D eigenvalue weighted by Gasteiger charge is -2.04. The first kappa shape index (κ1) is 14.9. The number of halogens is 1. The molecule has 0 aliphatic heterocycles. The van der Waals surface area contributed by atoms with E-state index in [4.69, 9.17) is 0 Å². The van der Waals surface area contributed by atoms with Gasteiger partial charge in [-0.25, -0.2) is 17.8 Å². The minimum absolute atomic E-state index is 0.221. The molecular formula is C12H14FN3O2S2. The largest absolute Gasteiger partial charge is 0.353 e. The lowest BCUT2D eigenvalue weighted by molar-refractivity contribution is 0.592. The Morgan fingerprint density at radius 1 is 1.30 bits per heavy atom. The lowest BCUT2D eigenvalue weighted by atomic mass is 10.2. The Labute approximate surface area is 121 Å². The third-order valence-corrected chi connectivity index (χ3v) is 4.86. The van der Waals surface area contributed by atoms with Crippen LogP contribution in [0.4, 0.5) is 9.52 Å². The SMILES string of the molecule is CN(C)c1nc(CS(=O)(=O)Cc2cccc(F)c2)ns1. The Morgan fingerprint density at radius 2 is 2.05 bits per heavy atom. The van der Waals surface area contributed by atoms with E-state index in [9.17, 15) is 12.8 Å². The van der Waals surface area contributed by atoms with Crippen LogP contribution in [-0.4, -0.2) is 31.9 Å². The summed E-state index contributed by atoms with van der Waals surface area (Å²) in [7, 11) is 0.202. The zero-order chi connectivity index (χ0) is 14.8. The lowest BCUT2D eigenvalue weighted by Crippen LogP contribution is -2.10. The van der Waals surface area contributed by atoms with Gasteiger partial charge in [-0.05, 0) is 17.7 Å². The molecule has 0 aliphatic rings. The average Bonchev–Trinajstić information content (AvgIpc) is 2.75. The van der Waals surface area contributed by atoms with Crippen molar-refractivity contribution in [2.75, 3.05) is 19.0 Å². The summed E-state index contributed by atoms with van der Waals surface area (Å²) in [6.45, 7) is 0. The third-order valence-electron chi connectivity index (χ3n) is 2.46. The molecule has 1 aromatic heterocycles. The van der Waals surface area contributed by atoms with Gasteiger partial charge in [0.15, 0.2) is 15.7 Å². The third kappa shape index (κ3) is 3.97. The van der Waals surface area contributed by atoms with Gasteiger partial charge < -0.3 is 4.90 Å². The summed E-state index contributed by atoms with van der Waals surface area (Å²) >= 11 is 1.15. The molecular weight excluding hydrogens is 301 g/mol. The molecule has 0 N–H and O–H groups in total. The van der Waals surface area contributed by atoms with E-state index in [2.05, 4.69) is 9.36 Å². The van der Waals surface area contributed by atoms with E-state index in [1.165, 1.54) is 18.2 Å². The maximum atomic E-state index is 13.0. The maximum absolute atomic E-state index is 13.0.